The molecule has 3 N–H and O–H groups in total. The molecule has 2 aromatic rings. The van der Waals surface area contributed by atoms with Crippen molar-refractivity contribution in [3.05, 3.63) is 36.0 Å². The molecular formula is C16H19N3O2. The third-order valence-electron chi connectivity index (χ3n) is 4.19. The average molecular weight is 285 g/mol. The molecule has 21 heavy (non-hydrogen) atoms. The second-order valence-corrected chi connectivity index (χ2v) is 5.69. The van der Waals surface area contributed by atoms with E-state index in [0.29, 0.717) is 25.4 Å². The van der Waals surface area contributed by atoms with E-state index in [0.717, 1.165) is 29.3 Å². The largest absolute Gasteiger partial charge is 0.370 e. The number of amides is 2. The highest BCUT2D eigenvalue weighted by molar-refractivity contribution is 5.98. The predicted molar refractivity (Wildman–Crippen MR) is 80.7 cm³/mol. The molecule has 3 rings (SSSR count). The summed E-state index contributed by atoms with van der Waals surface area (Å²) in [4.78, 5) is 28.4. The zero-order chi connectivity index (χ0) is 14.8. The molecule has 110 valence electrons. The number of carbonyl (C=O) groups is 2. The van der Waals surface area contributed by atoms with Gasteiger partial charge in [-0.15, -0.1) is 0 Å². The number of likely N-dealkylation sites (tertiary alicyclic amines) is 1. The molecule has 0 radical (unpaired) electrons. The number of nitrogens with two attached hydrogens (primary N) is 1. The van der Waals surface area contributed by atoms with E-state index >= 15 is 0 Å². The molecule has 0 bridgehead atoms. The van der Waals surface area contributed by atoms with E-state index in [1.165, 1.54) is 0 Å². The maximum Gasteiger partial charge on any atom is 0.253 e. The molecule has 0 spiro atoms. The van der Waals surface area contributed by atoms with Gasteiger partial charge in [0.05, 0.1) is 0 Å². The molecule has 1 aliphatic heterocycles. The number of hydrogen-bond donors (Lipinski definition) is 2. The van der Waals surface area contributed by atoms with Gasteiger partial charge in [0.2, 0.25) is 5.91 Å². The van der Waals surface area contributed by atoms with E-state index in [1.54, 1.807) is 0 Å². The molecule has 2 amide bonds. The number of hydrogen-bond acceptors (Lipinski definition) is 2. The first-order chi connectivity index (χ1) is 10.1. The average Bonchev–Trinajstić information content (AvgIpc) is 2.94. The summed E-state index contributed by atoms with van der Waals surface area (Å²) in [6, 6.07) is 7.67. The minimum atomic E-state index is -0.252. The van der Waals surface area contributed by atoms with Gasteiger partial charge in [0.25, 0.3) is 5.91 Å². The highest BCUT2D eigenvalue weighted by Gasteiger charge is 2.24. The molecule has 5 heteroatoms. The lowest BCUT2D eigenvalue weighted by Crippen LogP contribution is -2.39. The minimum Gasteiger partial charge on any atom is -0.370 e. The molecule has 1 fully saturated rings. The first kappa shape index (κ1) is 13.7. The third-order valence-corrected chi connectivity index (χ3v) is 4.19. The van der Waals surface area contributed by atoms with Gasteiger partial charge in [0, 0.05) is 42.2 Å². The van der Waals surface area contributed by atoms with Gasteiger partial charge in [-0.05, 0) is 43.0 Å². The van der Waals surface area contributed by atoms with Gasteiger partial charge in [-0.3, -0.25) is 9.59 Å². The second-order valence-electron chi connectivity index (χ2n) is 5.69. The summed E-state index contributed by atoms with van der Waals surface area (Å²) < 4.78 is 0. The fraction of sp³-hybridized carbons (Fsp3) is 0.375. The number of primary amides is 1. The summed E-state index contributed by atoms with van der Waals surface area (Å²) in [5, 5.41) is 1.05. The van der Waals surface area contributed by atoms with Crippen LogP contribution >= 0.6 is 0 Å². The van der Waals surface area contributed by atoms with Crippen LogP contribution in [0.15, 0.2) is 30.5 Å². The summed E-state index contributed by atoms with van der Waals surface area (Å²) >= 11 is 0. The summed E-state index contributed by atoms with van der Waals surface area (Å²) in [7, 11) is 0. The van der Waals surface area contributed by atoms with Gasteiger partial charge in [-0.25, -0.2) is 0 Å². The van der Waals surface area contributed by atoms with Crippen molar-refractivity contribution in [2.45, 2.75) is 19.3 Å². The molecule has 1 aromatic heterocycles. The number of nitrogens with one attached hydrogen (secondary N) is 1. The fourth-order valence-electron chi connectivity index (χ4n) is 2.99. The van der Waals surface area contributed by atoms with Crippen molar-refractivity contribution in [1.82, 2.24) is 9.88 Å². The number of nitrogens with zero attached hydrogens (tertiary/aromatic N) is 1. The second kappa shape index (κ2) is 5.60. The van der Waals surface area contributed by atoms with Crippen molar-refractivity contribution >= 4 is 22.7 Å². The Morgan fingerprint density at radius 1 is 1.24 bits per heavy atom. The SMILES string of the molecule is NC(=O)CC1CCN(C(=O)c2ccc3[nH]ccc3c2)CC1. The van der Waals surface area contributed by atoms with E-state index in [1.807, 2.05) is 35.4 Å². The summed E-state index contributed by atoms with van der Waals surface area (Å²) in [5.41, 5.74) is 6.98. The van der Waals surface area contributed by atoms with Crippen LogP contribution in [0.2, 0.25) is 0 Å². The number of fused-ring (bicyclic) bond motifs is 1. The van der Waals surface area contributed by atoms with Crippen LogP contribution in [0.1, 0.15) is 29.6 Å². The monoisotopic (exact) mass is 285 g/mol. The van der Waals surface area contributed by atoms with Crippen LogP contribution in [0.4, 0.5) is 0 Å². The van der Waals surface area contributed by atoms with Gasteiger partial charge < -0.3 is 15.6 Å². The van der Waals surface area contributed by atoms with Crippen LogP contribution in [0.25, 0.3) is 10.9 Å². The molecule has 2 heterocycles. The number of piperidine rings is 1. The van der Waals surface area contributed by atoms with Crippen LogP contribution in [-0.4, -0.2) is 34.8 Å². The van der Waals surface area contributed by atoms with Crippen molar-refractivity contribution in [1.29, 1.82) is 0 Å². The molecule has 1 aliphatic rings. The number of rotatable bonds is 3. The van der Waals surface area contributed by atoms with Crippen molar-refractivity contribution in [3.63, 3.8) is 0 Å². The van der Waals surface area contributed by atoms with E-state index in [4.69, 9.17) is 5.73 Å². The first-order valence-electron chi connectivity index (χ1n) is 7.28. The maximum absolute atomic E-state index is 12.5. The number of carbonyl (C=O) groups excluding carboxylic acids is 2. The van der Waals surface area contributed by atoms with E-state index in [9.17, 15) is 9.59 Å². The van der Waals surface area contributed by atoms with Crippen LogP contribution in [0, 0.1) is 5.92 Å². The van der Waals surface area contributed by atoms with Gasteiger partial charge in [-0.2, -0.15) is 0 Å². The Morgan fingerprint density at radius 3 is 2.71 bits per heavy atom. The highest BCUT2D eigenvalue weighted by Crippen LogP contribution is 2.22. The quantitative estimate of drug-likeness (QED) is 0.903. The Morgan fingerprint density at radius 2 is 2.00 bits per heavy atom. The predicted octanol–water partition coefficient (Wildman–Crippen LogP) is 1.90. The standard InChI is InChI=1S/C16H19N3O2/c17-15(20)9-11-4-7-19(8-5-11)16(21)13-1-2-14-12(10-13)3-6-18-14/h1-3,6,10-11,18H,4-5,7-9H2,(H2,17,20). The Labute approximate surface area is 123 Å². The molecule has 0 unspecified atom stereocenters. The molecule has 1 saturated heterocycles. The number of aromatic nitrogens is 1. The lowest BCUT2D eigenvalue weighted by Gasteiger charge is -2.31. The fourth-order valence-corrected chi connectivity index (χ4v) is 2.99. The highest BCUT2D eigenvalue weighted by atomic mass is 16.2. The van der Waals surface area contributed by atoms with E-state index in [2.05, 4.69) is 4.98 Å². The van der Waals surface area contributed by atoms with Crippen molar-refractivity contribution in [3.8, 4) is 0 Å². The first-order valence-corrected chi connectivity index (χ1v) is 7.28. The Kier molecular flexibility index (Phi) is 3.64. The molecule has 5 nitrogen and oxygen atoms in total. The number of H-pyrrole nitrogens is 1. The van der Waals surface area contributed by atoms with Crippen molar-refractivity contribution in [2.24, 2.45) is 11.7 Å². The molecule has 1 aromatic carbocycles. The normalized spacial score (nSPS) is 16.3. The topological polar surface area (TPSA) is 79.2 Å². The number of aromatic amines is 1. The molecule has 0 aliphatic carbocycles. The molecular weight excluding hydrogens is 266 g/mol. The lowest BCUT2D eigenvalue weighted by atomic mass is 9.93. The van der Waals surface area contributed by atoms with Crippen molar-refractivity contribution in [2.75, 3.05) is 13.1 Å². The van der Waals surface area contributed by atoms with Crippen LogP contribution in [0.3, 0.4) is 0 Å². The van der Waals surface area contributed by atoms with Gasteiger partial charge in [0.1, 0.15) is 0 Å². The Hall–Kier alpha value is -2.30. The Balaban J connectivity index is 1.67. The summed E-state index contributed by atoms with van der Waals surface area (Å²) in [6.07, 6.45) is 3.99. The van der Waals surface area contributed by atoms with Gasteiger partial charge in [0.15, 0.2) is 0 Å². The van der Waals surface area contributed by atoms with Gasteiger partial charge in [-0.1, -0.05) is 0 Å². The molecule has 0 saturated carbocycles. The zero-order valence-corrected chi connectivity index (χ0v) is 11.8. The van der Waals surface area contributed by atoms with Crippen LogP contribution < -0.4 is 5.73 Å². The third kappa shape index (κ3) is 2.91. The summed E-state index contributed by atoms with van der Waals surface area (Å²) in [6.45, 7) is 1.39. The van der Waals surface area contributed by atoms with E-state index < -0.39 is 0 Å². The lowest BCUT2D eigenvalue weighted by molar-refractivity contribution is -0.119. The molecule has 0 atom stereocenters. The smallest absolute Gasteiger partial charge is 0.253 e. The van der Waals surface area contributed by atoms with Crippen LogP contribution in [0.5, 0.6) is 0 Å². The maximum atomic E-state index is 12.5. The van der Waals surface area contributed by atoms with Crippen molar-refractivity contribution < 1.29 is 9.59 Å². The summed E-state index contributed by atoms with van der Waals surface area (Å²) in [5.74, 6) is 0.131. The Bertz CT molecular complexity index is 669. The van der Waals surface area contributed by atoms with E-state index in [-0.39, 0.29) is 11.8 Å². The number of benzene rings is 1. The van der Waals surface area contributed by atoms with Crippen LogP contribution in [-0.2, 0) is 4.79 Å². The van der Waals surface area contributed by atoms with Gasteiger partial charge >= 0.3 is 0 Å². The minimum absolute atomic E-state index is 0.0654. The zero-order valence-electron chi connectivity index (χ0n) is 11.8.